The summed E-state index contributed by atoms with van der Waals surface area (Å²) in [5, 5.41) is 4.16. The van der Waals surface area contributed by atoms with Crippen molar-refractivity contribution in [3.05, 3.63) is 39.7 Å². The third kappa shape index (κ3) is 3.39. The number of amides is 1. The van der Waals surface area contributed by atoms with E-state index >= 15 is 0 Å². The average molecular weight is 323 g/mol. The fourth-order valence-electron chi connectivity index (χ4n) is 2.22. The first-order chi connectivity index (χ1) is 10.1. The van der Waals surface area contributed by atoms with Crippen molar-refractivity contribution in [1.29, 1.82) is 0 Å². The zero-order valence-electron chi connectivity index (χ0n) is 12.2. The van der Waals surface area contributed by atoms with Gasteiger partial charge in [0.2, 0.25) is 0 Å². The van der Waals surface area contributed by atoms with Gasteiger partial charge in [0.15, 0.2) is 0 Å². The van der Waals surface area contributed by atoms with E-state index in [9.17, 15) is 4.79 Å². The molecular weight excluding hydrogens is 304 g/mol. The van der Waals surface area contributed by atoms with Crippen molar-refractivity contribution in [1.82, 2.24) is 5.32 Å². The van der Waals surface area contributed by atoms with E-state index in [0.29, 0.717) is 22.1 Å². The second kappa shape index (κ2) is 6.96. The van der Waals surface area contributed by atoms with Crippen molar-refractivity contribution in [2.75, 3.05) is 12.3 Å². The van der Waals surface area contributed by atoms with Gasteiger partial charge in [-0.05, 0) is 30.5 Å². The number of benzene rings is 1. The molecule has 0 atom stereocenters. The van der Waals surface area contributed by atoms with Gasteiger partial charge in [0, 0.05) is 22.0 Å². The molecule has 0 fully saturated rings. The first-order valence-corrected chi connectivity index (χ1v) is 8.23. The van der Waals surface area contributed by atoms with Crippen LogP contribution in [-0.2, 0) is 6.42 Å². The topological polar surface area (TPSA) is 55.1 Å². The molecule has 21 heavy (non-hydrogen) atoms. The summed E-state index contributed by atoms with van der Waals surface area (Å²) < 4.78 is 0. The minimum Gasteiger partial charge on any atom is -0.390 e. The van der Waals surface area contributed by atoms with Crippen LogP contribution in [0.5, 0.6) is 0 Å². The Morgan fingerprint density at radius 1 is 1.29 bits per heavy atom. The molecular formula is C16H19ClN2OS. The zero-order valence-corrected chi connectivity index (χ0v) is 13.8. The van der Waals surface area contributed by atoms with E-state index in [0.717, 1.165) is 28.8 Å². The monoisotopic (exact) mass is 322 g/mol. The Morgan fingerprint density at radius 3 is 2.52 bits per heavy atom. The van der Waals surface area contributed by atoms with Crippen LogP contribution < -0.4 is 11.1 Å². The van der Waals surface area contributed by atoms with Crippen molar-refractivity contribution in [2.24, 2.45) is 0 Å². The number of halogens is 1. The second-order valence-corrected chi connectivity index (χ2v) is 6.33. The first kappa shape index (κ1) is 15.9. The SMILES string of the molecule is CCCNC(=O)c1c(N)sc(CC)c1-c1ccc(Cl)cc1. The maximum atomic E-state index is 12.4. The summed E-state index contributed by atoms with van der Waals surface area (Å²) >= 11 is 7.43. The Bertz CT molecular complexity index is 634. The highest BCUT2D eigenvalue weighted by Gasteiger charge is 2.22. The van der Waals surface area contributed by atoms with Gasteiger partial charge < -0.3 is 11.1 Å². The molecule has 1 heterocycles. The number of thiophene rings is 1. The molecule has 0 unspecified atom stereocenters. The highest BCUT2D eigenvalue weighted by atomic mass is 35.5. The highest BCUT2D eigenvalue weighted by Crippen LogP contribution is 2.39. The quantitative estimate of drug-likeness (QED) is 0.859. The molecule has 0 saturated heterocycles. The summed E-state index contributed by atoms with van der Waals surface area (Å²) in [6.45, 7) is 4.74. The van der Waals surface area contributed by atoms with E-state index in [-0.39, 0.29) is 5.91 Å². The van der Waals surface area contributed by atoms with Crippen LogP contribution in [0, 0.1) is 0 Å². The lowest BCUT2D eigenvalue weighted by atomic mass is 9.99. The number of anilines is 1. The molecule has 2 aromatic rings. The number of carbonyl (C=O) groups is 1. The number of nitrogens with one attached hydrogen (secondary N) is 1. The summed E-state index contributed by atoms with van der Waals surface area (Å²) in [5.41, 5.74) is 8.59. The predicted molar refractivity (Wildman–Crippen MR) is 91.2 cm³/mol. The summed E-state index contributed by atoms with van der Waals surface area (Å²) in [7, 11) is 0. The maximum Gasteiger partial charge on any atom is 0.254 e. The average Bonchev–Trinajstić information content (AvgIpc) is 2.82. The molecule has 2 rings (SSSR count). The van der Waals surface area contributed by atoms with Gasteiger partial charge >= 0.3 is 0 Å². The number of nitrogen functional groups attached to an aromatic ring is 1. The Kier molecular flexibility index (Phi) is 5.26. The van der Waals surface area contributed by atoms with Gasteiger partial charge in [-0.3, -0.25) is 4.79 Å². The Hall–Kier alpha value is -1.52. The lowest BCUT2D eigenvalue weighted by Gasteiger charge is -2.08. The maximum absolute atomic E-state index is 12.4. The van der Waals surface area contributed by atoms with E-state index in [4.69, 9.17) is 17.3 Å². The van der Waals surface area contributed by atoms with Gasteiger partial charge in [-0.25, -0.2) is 0 Å². The number of aryl methyl sites for hydroxylation is 1. The standard InChI is InChI=1S/C16H19ClN2OS/c1-3-9-19-16(20)14-13(12(4-2)21-15(14)18)10-5-7-11(17)8-6-10/h5-8H,3-4,9,18H2,1-2H3,(H,19,20). The molecule has 1 aromatic carbocycles. The largest absolute Gasteiger partial charge is 0.390 e. The lowest BCUT2D eigenvalue weighted by molar-refractivity contribution is 0.0955. The molecule has 5 heteroatoms. The van der Waals surface area contributed by atoms with Gasteiger partial charge in [-0.15, -0.1) is 11.3 Å². The molecule has 0 aliphatic rings. The molecule has 1 amide bonds. The minimum absolute atomic E-state index is 0.102. The molecule has 3 N–H and O–H groups in total. The van der Waals surface area contributed by atoms with E-state index in [1.807, 2.05) is 31.2 Å². The Morgan fingerprint density at radius 2 is 1.95 bits per heavy atom. The van der Waals surface area contributed by atoms with Crippen LogP contribution in [0.3, 0.4) is 0 Å². The van der Waals surface area contributed by atoms with Crippen LogP contribution in [0.4, 0.5) is 5.00 Å². The van der Waals surface area contributed by atoms with Gasteiger partial charge in [0.05, 0.1) is 10.6 Å². The fraction of sp³-hybridized carbons (Fsp3) is 0.312. The molecule has 0 aliphatic carbocycles. The second-order valence-electron chi connectivity index (χ2n) is 4.76. The number of rotatable bonds is 5. The molecule has 1 aromatic heterocycles. The minimum atomic E-state index is -0.102. The third-order valence-electron chi connectivity index (χ3n) is 3.23. The third-order valence-corrected chi connectivity index (χ3v) is 4.64. The van der Waals surface area contributed by atoms with E-state index in [1.54, 1.807) is 0 Å². The Labute approximate surface area is 134 Å². The molecule has 112 valence electrons. The normalized spacial score (nSPS) is 10.6. The van der Waals surface area contributed by atoms with Crippen LogP contribution in [0.1, 0.15) is 35.5 Å². The molecule has 0 bridgehead atoms. The van der Waals surface area contributed by atoms with Crippen LogP contribution in [0.25, 0.3) is 11.1 Å². The smallest absolute Gasteiger partial charge is 0.254 e. The molecule has 0 radical (unpaired) electrons. The van der Waals surface area contributed by atoms with Crippen molar-refractivity contribution < 1.29 is 4.79 Å². The molecule has 0 aliphatic heterocycles. The number of hydrogen-bond donors (Lipinski definition) is 2. The van der Waals surface area contributed by atoms with Crippen molar-refractivity contribution in [2.45, 2.75) is 26.7 Å². The van der Waals surface area contributed by atoms with E-state index in [1.165, 1.54) is 11.3 Å². The van der Waals surface area contributed by atoms with Crippen LogP contribution in [0.15, 0.2) is 24.3 Å². The fourth-order valence-corrected chi connectivity index (χ4v) is 3.38. The van der Waals surface area contributed by atoms with Gasteiger partial charge in [0.1, 0.15) is 0 Å². The zero-order chi connectivity index (χ0) is 15.4. The number of carbonyl (C=O) groups excluding carboxylic acids is 1. The first-order valence-electron chi connectivity index (χ1n) is 7.03. The highest BCUT2D eigenvalue weighted by molar-refractivity contribution is 7.17. The van der Waals surface area contributed by atoms with Crippen molar-refractivity contribution in [3.63, 3.8) is 0 Å². The van der Waals surface area contributed by atoms with Crippen LogP contribution >= 0.6 is 22.9 Å². The van der Waals surface area contributed by atoms with Crippen molar-refractivity contribution >= 4 is 33.8 Å². The van der Waals surface area contributed by atoms with E-state index in [2.05, 4.69) is 12.2 Å². The van der Waals surface area contributed by atoms with Gasteiger partial charge in [-0.2, -0.15) is 0 Å². The Balaban J connectivity index is 2.52. The van der Waals surface area contributed by atoms with Gasteiger partial charge in [0.25, 0.3) is 5.91 Å². The predicted octanol–water partition coefficient (Wildman–Crippen LogP) is 4.35. The summed E-state index contributed by atoms with van der Waals surface area (Å²) in [6.07, 6.45) is 1.74. The molecule has 0 saturated carbocycles. The van der Waals surface area contributed by atoms with Crippen LogP contribution in [0.2, 0.25) is 5.02 Å². The summed E-state index contributed by atoms with van der Waals surface area (Å²) in [4.78, 5) is 13.5. The number of nitrogens with two attached hydrogens (primary N) is 1. The molecule has 3 nitrogen and oxygen atoms in total. The van der Waals surface area contributed by atoms with E-state index < -0.39 is 0 Å². The molecule has 0 spiro atoms. The van der Waals surface area contributed by atoms with Crippen LogP contribution in [-0.4, -0.2) is 12.5 Å². The lowest BCUT2D eigenvalue weighted by Crippen LogP contribution is -2.24. The summed E-state index contributed by atoms with van der Waals surface area (Å²) in [6, 6.07) is 7.52. The number of hydrogen-bond acceptors (Lipinski definition) is 3. The summed E-state index contributed by atoms with van der Waals surface area (Å²) in [5.74, 6) is -0.102. The van der Waals surface area contributed by atoms with Gasteiger partial charge in [-0.1, -0.05) is 37.6 Å². The van der Waals surface area contributed by atoms with Crippen molar-refractivity contribution in [3.8, 4) is 11.1 Å².